The molecule has 2 heterocycles. The number of aliphatic carboxylic acids is 1. The number of hydrogen-bond acceptors (Lipinski definition) is 5. The Kier molecular flexibility index (Phi) is 5.11. The van der Waals surface area contributed by atoms with Crippen molar-refractivity contribution in [3.63, 3.8) is 0 Å². The summed E-state index contributed by atoms with van der Waals surface area (Å²) in [6.07, 6.45) is 0.316. The Balaban J connectivity index is 2.06. The van der Waals surface area contributed by atoms with Crippen LogP contribution in [-0.2, 0) is 32.0 Å². The molecule has 3 aromatic rings. The summed E-state index contributed by atoms with van der Waals surface area (Å²) in [5.74, 6) is -0.476. The maximum absolute atomic E-state index is 12.7. The van der Waals surface area contributed by atoms with E-state index < -0.39 is 17.2 Å². The lowest BCUT2D eigenvalue weighted by Gasteiger charge is -2.10. The van der Waals surface area contributed by atoms with Crippen LogP contribution in [0.4, 0.5) is 5.95 Å². The van der Waals surface area contributed by atoms with Crippen molar-refractivity contribution >= 4 is 23.1 Å². The lowest BCUT2D eigenvalue weighted by Crippen LogP contribution is -2.37. The molecular formula is C18H21N5O4. The van der Waals surface area contributed by atoms with Crippen molar-refractivity contribution in [2.24, 2.45) is 14.1 Å². The number of carbonyl (C=O) groups is 1. The van der Waals surface area contributed by atoms with Crippen molar-refractivity contribution in [3.8, 4) is 0 Å². The van der Waals surface area contributed by atoms with E-state index in [1.54, 1.807) is 11.6 Å². The molecule has 9 heteroatoms. The molecular weight excluding hydrogens is 350 g/mol. The van der Waals surface area contributed by atoms with Crippen LogP contribution in [0.25, 0.3) is 11.2 Å². The predicted molar refractivity (Wildman–Crippen MR) is 101 cm³/mol. The van der Waals surface area contributed by atoms with Gasteiger partial charge in [0.15, 0.2) is 11.2 Å². The Morgan fingerprint density at radius 2 is 1.85 bits per heavy atom. The van der Waals surface area contributed by atoms with Crippen LogP contribution in [0, 0.1) is 0 Å². The molecule has 142 valence electrons. The van der Waals surface area contributed by atoms with Crippen LogP contribution >= 0.6 is 0 Å². The van der Waals surface area contributed by atoms with Gasteiger partial charge in [-0.3, -0.25) is 18.7 Å². The number of hydrogen-bond donors (Lipinski definition) is 2. The number of anilines is 1. The number of nitrogens with one attached hydrogen (secondary N) is 1. The van der Waals surface area contributed by atoms with Gasteiger partial charge in [0.25, 0.3) is 5.56 Å². The topological polar surface area (TPSA) is 111 Å². The van der Waals surface area contributed by atoms with Gasteiger partial charge in [0.05, 0.1) is 0 Å². The lowest BCUT2D eigenvalue weighted by atomic mass is 10.2. The van der Waals surface area contributed by atoms with Gasteiger partial charge in [-0.1, -0.05) is 30.3 Å². The zero-order valence-electron chi connectivity index (χ0n) is 15.2. The third kappa shape index (κ3) is 3.62. The first-order chi connectivity index (χ1) is 12.9. The second kappa shape index (κ2) is 7.48. The number of carboxylic acids is 1. The molecule has 9 nitrogen and oxygen atoms in total. The quantitative estimate of drug-likeness (QED) is 0.639. The summed E-state index contributed by atoms with van der Waals surface area (Å²) in [6, 6.07) is 9.68. The van der Waals surface area contributed by atoms with E-state index in [1.165, 1.54) is 11.6 Å². The van der Waals surface area contributed by atoms with Crippen molar-refractivity contribution in [1.29, 1.82) is 0 Å². The van der Waals surface area contributed by atoms with Gasteiger partial charge in [0, 0.05) is 33.6 Å². The zero-order valence-corrected chi connectivity index (χ0v) is 15.2. The summed E-state index contributed by atoms with van der Waals surface area (Å²) in [4.78, 5) is 40.1. The van der Waals surface area contributed by atoms with E-state index in [4.69, 9.17) is 5.11 Å². The van der Waals surface area contributed by atoms with Crippen LogP contribution < -0.4 is 16.6 Å². The highest BCUT2D eigenvalue weighted by molar-refractivity contribution is 5.74. The summed E-state index contributed by atoms with van der Waals surface area (Å²) >= 11 is 0. The molecule has 0 saturated carbocycles. The van der Waals surface area contributed by atoms with Crippen LogP contribution in [0.3, 0.4) is 0 Å². The van der Waals surface area contributed by atoms with Crippen molar-refractivity contribution in [3.05, 3.63) is 56.7 Å². The number of rotatable bonds is 7. The van der Waals surface area contributed by atoms with Gasteiger partial charge in [0.2, 0.25) is 5.95 Å². The number of fused-ring (bicyclic) bond motifs is 1. The maximum Gasteiger partial charge on any atom is 0.332 e. The first-order valence-electron chi connectivity index (χ1n) is 8.56. The minimum Gasteiger partial charge on any atom is -0.481 e. The van der Waals surface area contributed by atoms with Crippen LogP contribution in [0.1, 0.15) is 18.4 Å². The smallest absolute Gasteiger partial charge is 0.332 e. The summed E-state index contributed by atoms with van der Waals surface area (Å²) in [5.41, 5.74) is 0.666. The molecule has 2 N–H and O–H groups in total. The minimum atomic E-state index is -0.904. The van der Waals surface area contributed by atoms with Gasteiger partial charge in [-0.05, 0) is 12.0 Å². The van der Waals surface area contributed by atoms with Gasteiger partial charge in [0.1, 0.15) is 0 Å². The standard InChI is InChI=1S/C18H21N5O4/c1-21-15-14(16(26)22(2)18(21)27)23(10-6-9-13(24)25)17(20-15)19-11-12-7-4-3-5-8-12/h3-5,7-8H,6,9-11H2,1-2H3,(H,19,20)(H,24,25). The monoisotopic (exact) mass is 371 g/mol. The second-order valence-electron chi connectivity index (χ2n) is 6.30. The molecule has 0 amide bonds. The molecule has 0 bridgehead atoms. The van der Waals surface area contributed by atoms with Crippen LogP contribution in [-0.4, -0.2) is 29.8 Å². The largest absolute Gasteiger partial charge is 0.481 e. The predicted octanol–water partition coefficient (Wildman–Crippen LogP) is 0.911. The highest BCUT2D eigenvalue weighted by Gasteiger charge is 2.19. The van der Waals surface area contributed by atoms with Gasteiger partial charge < -0.3 is 15.0 Å². The van der Waals surface area contributed by atoms with Gasteiger partial charge in [-0.25, -0.2) is 4.79 Å². The molecule has 1 aromatic carbocycles. The van der Waals surface area contributed by atoms with E-state index >= 15 is 0 Å². The number of benzene rings is 1. The van der Waals surface area contributed by atoms with Gasteiger partial charge in [-0.2, -0.15) is 4.98 Å². The molecule has 3 rings (SSSR count). The molecule has 0 saturated heterocycles. The molecule has 0 spiro atoms. The molecule has 2 aromatic heterocycles. The summed E-state index contributed by atoms with van der Waals surface area (Å²) < 4.78 is 4.00. The average molecular weight is 371 g/mol. The van der Waals surface area contributed by atoms with E-state index in [0.717, 1.165) is 10.1 Å². The fourth-order valence-electron chi connectivity index (χ4n) is 2.96. The summed E-state index contributed by atoms with van der Waals surface area (Å²) in [6.45, 7) is 0.782. The van der Waals surface area contributed by atoms with E-state index in [1.807, 2.05) is 30.3 Å². The summed E-state index contributed by atoms with van der Waals surface area (Å²) in [5, 5.41) is 12.1. The fraction of sp³-hybridized carbons (Fsp3) is 0.333. The van der Waals surface area contributed by atoms with Crippen LogP contribution in [0.2, 0.25) is 0 Å². The van der Waals surface area contributed by atoms with Crippen molar-refractivity contribution in [2.75, 3.05) is 5.32 Å². The minimum absolute atomic E-state index is 0.0239. The zero-order chi connectivity index (χ0) is 19.6. The van der Waals surface area contributed by atoms with Crippen LogP contribution in [0.15, 0.2) is 39.9 Å². The van der Waals surface area contributed by atoms with E-state index in [9.17, 15) is 14.4 Å². The molecule has 0 unspecified atom stereocenters. The first kappa shape index (κ1) is 18.4. The van der Waals surface area contributed by atoms with Crippen molar-refractivity contribution in [1.82, 2.24) is 18.7 Å². The van der Waals surface area contributed by atoms with E-state index in [-0.39, 0.29) is 17.6 Å². The maximum atomic E-state index is 12.7. The molecule has 0 atom stereocenters. The lowest BCUT2D eigenvalue weighted by molar-refractivity contribution is -0.137. The number of nitrogens with zero attached hydrogens (tertiary/aromatic N) is 4. The second-order valence-corrected chi connectivity index (χ2v) is 6.30. The Morgan fingerprint density at radius 1 is 1.15 bits per heavy atom. The third-order valence-electron chi connectivity index (χ3n) is 4.41. The molecule has 0 aliphatic rings. The Bertz CT molecular complexity index is 1090. The van der Waals surface area contributed by atoms with Gasteiger partial charge >= 0.3 is 11.7 Å². The summed E-state index contributed by atoms with van der Waals surface area (Å²) in [7, 11) is 2.97. The van der Waals surface area contributed by atoms with E-state index in [0.29, 0.717) is 25.5 Å². The van der Waals surface area contributed by atoms with Gasteiger partial charge in [-0.15, -0.1) is 0 Å². The Hall–Kier alpha value is -3.36. The number of aryl methyl sites for hydroxylation is 2. The molecule has 27 heavy (non-hydrogen) atoms. The average Bonchev–Trinajstić information content (AvgIpc) is 3.02. The first-order valence-corrected chi connectivity index (χ1v) is 8.56. The number of imidazole rings is 1. The van der Waals surface area contributed by atoms with Crippen molar-refractivity contribution < 1.29 is 9.90 Å². The highest BCUT2D eigenvalue weighted by atomic mass is 16.4. The highest BCUT2D eigenvalue weighted by Crippen LogP contribution is 2.17. The SMILES string of the molecule is Cn1c(=O)c2c(nc(NCc3ccccc3)n2CCCC(=O)O)n(C)c1=O. The molecule has 0 aliphatic heterocycles. The number of carboxylic acid groups (broad SMARTS) is 1. The third-order valence-corrected chi connectivity index (χ3v) is 4.41. The fourth-order valence-corrected chi connectivity index (χ4v) is 2.96. The van der Waals surface area contributed by atoms with E-state index in [2.05, 4.69) is 10.3 Å². The normalized spacial score (nSPS) is 11.0. The van der Waals surface area contributed by atoms with Crippen LogP contribution in [0.5, 0.6) is 0 Å². The number of aromatic nitrogens is 4. The molecule has 0 radical (unpaired) electrons. The Morgan fingerprint density at radius 3 is 2.52 bits per heavy atom. The Labute approximate surface area is 154 Å². The van der Waals surface area contributed by atoms with Crippen molar-refractivity contribution in [2.45, 2.75) is 25.9 Å². The molecule has 0 aliphatic carbocycles. The molecule has 0 fully saturated rings.